The Morgan fingerprint density at radius 1 is 1.35 bits per heavy atom. The standard InChI is InChI=1S/C11H19N3O2S/c1-10-4-5-11(9-13-10)8-12-6-7-17(15,16)14(2)3/h4-5,9,12H,6-8H2,1-3H3. The second-order valence-corrected chi connectivity index (χ2v) is 6.39. The Hall–Kier alpha value is -0.980. The monoisotopic (exact) mass is 257 g/mol. The van der Waals surface area contributed by atoms with Crippen LogP contribution in [-0.2, 0) is 16.6 Å². The molecule has 0 atom stereocenters. The summed E-state index contributed by atoms with van der Waals surface area (Å²) in [4.78, 5) is 4.17. The maximum atomic E-state index is 11.5. The molecule has 0 aliphatic heterocycles. The number of pyridine rings is 1. The highest BCUT2D eigenvalue weighted by molar-refractivity contribution is 7.89. The molecule has 1 aromatic heterocycles. The average Bonchev–Trinajstić information content (AvgIpc) is 2.26. The summed E-state index contributed by atoms with van der Waals surface area (Å²) in [6, 6.07) is 3.92. The lowest BCUT2D eigenvalue weighted by molar-refractivity contribution is 0.517. The van der Waals surface area contributed by atoms with Crippen molar-refractivity contribution in [2.45, 2.75) is 13.5 Å². The van der Waals surface area contributed by atoms with E-state index in [-0.39, 0.29) is 5.75 Å². The summed E-state index contributed by atoms with van der Waals surface area (Å²) < 4.78 is 24.2. The zero-order valence-corrected chi connectivity index (χ0v) is 11.3. The molecule has 96 valence electrons. The molecule has 1 rings (SSSR count). The maximum absolute atomic E-state index is 11.5. The first kappa shape index (κ1) is 14.1. The fourth-order valence-electron chi connectivity index (χ4n) is 1.22. The molecule has 6 heteroatoms. The first-order valence-corrected chi connectivity index (χ1v) is 7.05. The van der Waals surface area contributed by atoms with E-state index in [0.29, 0.717) is 13.1 Å². The van der Waals surface area contributed by atoms with Crippen molar-refractivity contribution in [1.82, 2.24) is 14.6 Å². The van der Waals surface area contributed by atoms with Gasteiger partial charge < -0.3 is 5.32 Å². The van der Waals surface area contributed by atoms with Gasteiger partial charge in [0.15, 0.2) is 0 Å². The third-order valence-corrected chi connectivity index (χ3v) is 4.23. The SMILES string of the molecule is Cc1ccc(CNCCS(=O)(=O)N(C)C)cn1. The molecule has 0 aliphatic carbocycles. The van der Waals surface area contributed by atoms with E-state index in [0.717, 1.165) is 11.3 Å². The number of rotatable bonds is 6. The normalized spacial score (nSPS) is 12.0. The number of aromatic nitrogens is 1. The van der Waals surface area contributed by atoms with Gasteiger partial charge in [0.2, 0.25) is 10.0 Å². The van der Waals surface area contributed by atoms with E-state index in [2.05, 4.69) is 10.3 Å². The minimum absolute atomic E-state index is 0.110. The Morgan fingerprint density at radius 2 is 2.06 bits per heavy atom. The summed E-state index contributed by atoms with van der Waals surface area (Å²) in [5, 5.41) is 3.09. The maximum Gasteiger partial charge on any atom is 0.214 e. The third-order valence-electron chi connectivity index (χ3n) is 2.39. The predicted octanol–water partition coefficient (Wildman–Crippen LogP) is 0.371. The van der Waals surface area contributed by atoms with Crippen molar-refractivity contribution in [3.05, 3.63) is 29.6 Å². The van der Waals surface area contributed by atoms with E-state index in [9.17, 15) is 8.42 Å². The molecule has 0 aliphatic rings. The van der Waals surface area contributed by atoms with E-state index in [1.54, 1.807) is 20.3 Å². The van der Waals surface area contributed by atoms with Crippen LogP contribution in [0.4, 0.5) is 0 Å². The van der Waals surface area contributed by atoms with Gasteiger partial charge in [-0.15, -0.1) is 0 Å². The Balaban J connectivity index is 2.32. The molecule has 0 amide bonds. The van der Waals surface area contributed by atoms with Gasteiger partial charge in [0.1, 0.15) is 0 Å². The molecule has 0 aromatic carbocycles. The molecule has 0 saturated carbocycles. The molecule has 17 heavy (non-hydrogen) atoms. The van der Waals surface area contributed by atoms with E-state index < -0.39 is 10.0 Å². The van der Waals surface area contributed by atoms with Crippen LogP contribution in [0, 0.1) is 6.92 Å². The molecule has 1 aromatic rings. The summed E-state index contributed by atoms with van der Waals surface area (Å²) in [6.45, 7) is 3.01. The zero-order valence-electron chi connectivity index (χ0n) is 10.5. The van der Waals surface area contributed by atoms with Gasteiger partial charge >= 0.3 is 0 Å². The fourth-order valence-corrected chi connectivity index (χ4v) is 1.99. The molecule has 0 unspecified atom stereocenters. The quantitative estimate of drug-likeness (QED) is 0.748. The minimum Gasteiger partial charge on any atom is -0.312 e. The minimum atomic E-state index is -3.10. The molecule has 0 fully saturated rings. The largest absolute Gasteiger partial charge is 0.312 e. The van der Waals surface area contributed by atoms with E-state index >= 15 is 0 Å². The third kappa shape index (κ3) is 4.80. The fraction of sp³-hybridized carbons (Fsp3) is 0.545. The van der Waals surface area contributed by atoms with Crippen LogP contribution in [0.3, 0.4) is 0 Å². The molecule has 1 heterocycles. The van der Waals surface area contributed by atoms with E-state index in [4.69, 9.17) is 0 Å². The van der Waals surface area contributed by atoms with Crippen molar-refractivity contribution < 1.29 is 8.42 Å². The summed E-state index contributed by atoms with van der Waals surface area (Å²) >= 11 is 0. The van der Waals surface area contributed by atoms with Crippen LogP contribution in [-0.4, -0.2) is 44.1 Å². The smallest absolute Gasteiger partial charge is 0.214 e. The van der Waals surface area contributed by atoms with Gasteiger partial charge in [-0.1, -0.05) is 6.07 Å². The van der Waals surface area contributed by atoms with Crippen LogP contribution in [0.25, 0.3) is 0 Å². The Bertz CT molecular complexity index is 440. The second kappa shape index (κ2) is 6.09. The van der Waals surface area contributed by atoms with Crippen LogP contribution < -0.4 is 5.32 Å². The average molecular weight is 257 g/mol. The number of nitrogens with one attached hydrogen (secondary N) is 1. The highest BCUT2D eigenvalue weighted by Crippen LogP contribution is 1.98. The van der Waals surface area contributed by atoms with Crippen molar-refractivity contribution >= 4 is 10.0 Å². The Morgan fingerprint density at radius 3 is 2.59 bits per heavy atom. The molecule has 0 radical (unpaired) electrons. The molecule has 0 bridgehead atoms. The summed E-state index contributed by atoms with van der Waals surface area (Å²) in [7, 11) is -0.0223. The van der Waals surface area contributed by atoms with Crippen molar-refractivity contribution in [3.63, 3.8) is 0 Å². The highest BCUT2D eigenvalue weighted by Gasteiger charge is 2.12. The van der Waals surface area contributed by atoms with E-state index in [1.165, 1.54) is 4.31 Å². The van der Waals surface area contributed by atoms with Crippen LogP contribution in [0.2, 0.25) is 0 Å². The van der Waals surface area contributed by atoms with Gasteiger partial charge in [-0.3, -0.25) is 4.98 Å². The van der Waals surface area contributed by atoms with Crippen LogP contribution >= 0.6 is 0 Å². The summed E-state index contributed by atoms with van der Waals surface area (Å²) in [6.07, 6.45) is 1.79. The topological polar surface area (TPSA) is 62.3 Å². The number of sulfonamides is 1. The summed E-state index contributed by atoms with van der Waals surface area (Å²) in [5.41, 5.74) is 2.03. The van der Waals surface area contributed by atoms with Crippen molar-refractivity contribution in [3.8, 4) is 0 Å². The Kier molecular flexibility index (Phi) is 5.04. The zero-order chi connectivity index (χ0) is 12.9. The predicted molar refractivity (Wildman–Crippen MR) is 68.2 cm³/mol. The summed E-state index contributed by atoms with van der Waals surface area (Å²) in [5.74, 6) is 0.110. The number of nitrogens with zero attached hydrogens (tertiary/aromatic N) is 2. The molecular weight excluding hydrogens is 238 g/mol. The lowest BCUT2D eigenvalue weighted by Gasteiger charge is -2.11. The molecule has 0 spiro atoms. The van der Waals surface area contributed by atoms with Gasteiger partial charge in [0, 0.05) is 39.1 Å². The lowest BCUT2D eigenvalue weighted by Crippen LogP contribution is -2.31. The lowest BCUT2D eigenvalue weighted by atomic mass is 10.2. The van der Waals surface area contributed by atoms with Gasteiger partial charge in [0.05, 0.1) is 5.75 Å². The van der Waals surface area contributed by atoms with Gasteiger partial charge in [0.25, 0.3) is 0 Å². The van der Waals surface area contributed by atoms with Crippen molar-refractivity contribution in [1.29, 1.82) is 0 Å². The number of hydrogen-bond donors (Lipinski definition) is 1. The number of hydrogen-bond acceptors (Lipinski definition) is 4. The van der Waals surface area contributed by atoms with Crippen LogP contribution in [0.1, 0.15) is 11.3 Å². The van der Waals surface area contributed by atoms with Crippen molar-refractivity contribution in [2.75, 3.05) is 26.4 Å². The molecule has 1 N–H and O–H groups in total. The number of aryl methyl sites for hydroxylation is 1. The Labute approximate surface area is 103 Å². The second-order valence-electron chi connectivity index (χ2n) is 4.08. The molecule has 0 saturated heterocycles. The van der Waals surface area contributed by atoms with Crippen molar-refractivity contribution in [2.24, 2.45) is 0 Å². The van der Waals surface area contributed by atoms with Gasteiger partial charge in [-0.2, -0.15) is 0 Å². The first-order chi connectivity index (χ1) is 7.92. The van der Waals surface area contributed by atoms with Gasteiger partial charge in [-0.25, -0.2) is 12.7 Å². The molecular formula is C11H19N3O2S. The molecule has 5 nitrogen and oxygen atoms in total. The van der Waals surface area contributed by atoms with Gasteiger partial charge in [-0.05, 0) is 18.6 Å². The first-order valence-electron chi connectivity index (χ1n) is 5.44. The van der Waals surface area contributed by atoms with E-state index in [1.807, 2.05) is 19.1 Å². The van der Waals surface area contributed by atoms with Crippen LogP contribution in [0.15, 0.2) is 18.3 Å². The van der Waals surface area contributed by atoms with Crippen LogP contribution in [0.5, 0.6) is 0 Å². The highest BCUT2D eigenvalue weighted by atomic mass is 32.2.